The first-order chi connectivity index (χ1) is 16.1. The Morgan fingerprint density at radius 2 is 1.82 bits per heavy atom. The summed E-state index contributed by atoms with van der Waals surface area (Å²) in [4.78, 5) is 19.4. The average Bonchev–Trinajstić information content (AvgIpc) is 2.87. The molecule has 1 fully saturated rings. The van der Waals surface area contributed by atoms with Crippen LogP contribution in [0, 0.1) is 12.8 Å². The molecule has 1 aromatic heterocycles. The number of pyridine rings is 1. The molecular formula is C28H32N2O3. The summed E-state index contributed by atoms with van der Waals surface area (Å²) in [5, 5.41) is 0. The van der Waals surface area contributed by atoms with Gasteiger partial charge in [0.15, 0.2) is 11.5 Å². The number of benzene rings is 2. The Morgan fingerprint density at radius 3 is 2.52 bits per heavy atom. The molecule has 1 saturated heterocycles. The molecule has 0 saturated carbocycles. The highest BCUT2D eigenvalue weighted by molar-refractivity contribution is 5.95. The summed E-state index contributed by atoms with van der Waals surface area (Å²) < 4.78 is 11.4. The maximum Gasteiger partial charge on any atom is 0.253 e. The Labute approximate surface area is 196 Å². The lowest BCUT2D eigenvalue weighted by Crippen LogP contribution is -2.38. The van der Waals surface area contributed by atoms with Crippen molar-refractivity contribution in [1.82, 2.24) is 9.88 Å². The van der Waals surface area contributed by atoms with Crippen LogP contribution in [0.3, 0.4) is 0 Å². The smallest absolute Gasteiger partial charge is 0.253 e. The molecule has 4 rings (SSSR count). The van der Waals surface area contributed by atoms with E-state index in [1.807, 2.05) is 29.2 Å². The number of rotatable bonds is 8. The van der Waals surface area contributed by atoms with Crippen molar-refractivity contribution in [2.75, 3.05) is 20.2 Å². The molecule has 2 heterocycles. The Morgan fingerprint density at radius 1 is 1.03 bits per heavy atom. The van der Waals surface area contributed by atoms with Crippen LogP contribution in [0.1, 0.15) is 46.4 Å². The molecule has 1 aliphatic heterocycles. The van der Waals surface area contributed by atoms with Gasteiger partial charge in [0.2, 0.25) is 0 Å². The molecule has 0 N–H and O–H groups in total. The van der Waals surface area contributed by atoms with E-state index in [9.17, 15) is 4.79 Å². The molecule has 0 spiro atoms. The van der Waals surface area contributed by atoms with E-state index in [2.05, 4.69) is 36.2 Å². The third-order valence-corrected chi connectivity index (χ3v) is 6.38. The minimum absolute atomic E-state index is 0.0531. The summed E-state index contributed by atoms with van der Waals surface area (Å²) in [5.74, 6) is 1.89. The van der Waals surface area contributed by atoms with Crippen molar-refractivity contribution in [2.45, 2.75) is 39.2 Å². The Kier molecular flexibility index (Phi) is 7.61. The van der Waals surface area contributed by atoms with Gasteiger partial charge < -0.3 is 14.4 Å². The van der Waals surface area contributed by atoms with E-state index in [0.29, 0.717) is 29.6 Å². The predicted octanol–water partition coefficient (Wildman–Crippen LogP) is 5.46. The maximum atomic E-state index is 13.2. The summed E-state index contributed by atoms with van der Waals surface area (Å²) in [7, 11) is 1.60. The number of hydrogen-bond acceptors (Lipinski definition) is 4. The van der Waals surface area contributed by atoms with Gasteiger partial charge in [0.25, 0.3) is 5.91 Å². The van der Waals surface area contributed by atoms with Crippen molar-refractivity contribution in [1.29, 1.82) is 0 Å². The van der Waals surface area contributed by atoms with Crippen LogP contribution in [0.15, 0.2) is 66.9 Å². The van der Waals surface area contributed by atoms with Crippen LogP contribution in [0.4, 0.5) is 0 Å². The van der Waals surface area contributed by atoms with Crippen LogP contribution in [-0.2, 0) is 13.0 Å². The maximum absolute atomic E-state index is 13.2. The lowest BCUT2D eigenvalue weighted by atomic mass is 9.90. The summed E-state index contributed by atoms with van der Waals surface area (Å²) in [6.07, 6.45) is 6.13. The number of likely N-dealkylation sites (tertiary alicyclic amines) is 1. The zero-order valence-electron chi connectivity index (χ0n) is 19.5. The molecule has 172 valence electrons. The van der Waals surface area contributed by atoms with E-state index in [1.165, 1.54) is 17.5 Å². The van der Waals surface area contributed by atoms with Gasteiger partial charge in [-0.3, -0.25) is 9.78 Å². The van der Waals surface area contributed by atoms with Crippen LogP contribution < -0.4 is 9.47 Å². The second-order valence-corrected chi connectivity index (χ2v) is 8.74. The zero-order valence-corrected chi connectivity index (χ0v) is 19.5. The van der Waals surface area contributed by atoms with Crippen molar-refractivity contribution in [2.24, 2.45) is 5.92 Å². The standard InChI is InChI=1S/C28H32N2O3/c1-21-6-8-22(9-7-21)10-11-23-14-17-30(18-15-23)28(31)24-12-13-26(32-2)27(19-24)33-20-25-5-3-4-16-29-25/h3-9,12-13,16,19,23H,10-11,14-15,17-18,20H2,1-2H3. The summed E-state index contributed by atoms with van der Waals surface area (Å²) in [6.45, 7) is 4.04. The minimum atomic E-state index is 0.0531. The van der Waals surface area contributed by atoms with E-state index in [-0.39, 0.29) is 5.91 Å². The fourth-order valence-electron chi connectivity index (χ4n) is 4.29. The van der Waals surface area contributed by atoms with E-state index >= 15 is 0 Å². The van der Waals surface area contributed by atoms with Crippen LogP contribution in [0.5, 0.6) is 11.5 Å². The van der Waals surface area contributed by atoms with Crippen LogP contribution in [-0.4, -0.2) is 36.0 Å². The first-order valence-electron chi connectivity index (χ1n) is 11.7. The van der Waals surface area contributed by atoms with Crippen LogP contribution >= 0.6 is 0 Å². The number of methoxy groups -OCH3 is 1. The highest BCUT2D eigenvalue weighted by atomic mass is 16.5. The van der Waals surface area contributed by atoms with Crippen molar-refractivity contribution in [3.05, 3.63) is 89.2 Å². The van der Waals surface area contributed by atoms with Gasteiger partial charge in [-0.1, -0.05) is 35.9 Å². The number of aryl methyl sites for hydroxylation is 2. The number of amides is 1. The van der Waals surface area contributed by atoms with E-state index < -0.39 is 0 Å². The van der Waals surface area contributed by atoms with Crippen molar-refractivity contribution < 1.29 is 14.3 Å². The number of ether oxygens (including phenoxy) is 2. The van der Waals surface area contributed by atoms with Crippen molar-refractivity contribution in [3.63, 3.8) is 0 Å². The average molecular weight is 445 g/mol. The highest BCUT2D eigenvalue weighted by Crippen LogP contribution is 2.30. The van der Waals surface area contributed by atoms with Gasteiger partial charge in [-0.2, -0.15) is 0 Å². The number of carbonyl (C=O) groups excluding carboxylic acids is 1. The molecule has 33 heavy (non-hydrogen) atoms. The number of nitrogens with zero attached hydrogens (tertiary/aromatic N) is 2. The Bertz CT molecular complexity index is 1040. The highest BCUT2D eigenvalue weighted by Gasteiger charge is 2.24. The molecule has 0 bridgehead atoms. The summed E-state index contributed by atoms with van der Waals surface area (Å²) >= 11 is 0. The van der Waals surface area contributed by atoms with Gasteiger partial charge in [0, 0.05) is 24.8 Å². The van der Waals surface area contributed by atoms with Crippen LogP contribution in [0.2, 0.25) is 0 Å². The molecule has 1 amide bonds. The molecule has 5 heteroatoms. The Balaban J connectivity index is 1.32. The third kappa shape index (κ3) is 6.13. The minimum Gasteiger partial charge on any atom is -0.493 e. The van der Waals surface area contributed by atoms with Gasteiger partial charge in [0.1, 0.15) is 6.61 Å². The fourth-order valence-corrected chi connectivity index (χ4v) is 4.29. The summed E-state index contributed by atoms with van der Waals surface area (Å²) in [5.41, 5.74) is 4.15. The third-order valence-electron chi connectivity index (χ3n) is 6.38. The van der Waals surface area contributed by atoms with E-state index in [4.69, 9.17) is 9.47 Å². The van der Waals surface area contributed by atoms with E-state index in [0.717, 1.165) is 38.0 Å². The van der Waals surface area contributed by atoms with E-state index in [1.54, 1.807) is 25.4 Å². The molecule has 0 unspecified atom stereocenters. The molecule has 1 aliphatic rings. The van der Waals surface area contributed by atoms with Gasteiger partial charge in [-0.05, 0) is 74.4 Å². The molecule has 0 aliphatic carbocycles. The van der Waals surface area contributed by atoms with Crippen molar-refractivity contribution >= 4 is 5.91 Å². The SMILES string of the molecule is COc1ccc(C(=O)N2CCC(CCc3ccc(C)cc3)CC2)cc1OCc1ccccn1. The number of hydrogen-bond donors (Lipinski definition) is 0. The van der Waals surface area contributed by atoms with Gasteiger partial charge in [-0.25, -0.2) is 0 Å². The quantitative estimate of drug-likeness (QED) is 0.463. The first kappa shape index (κ1) is 22.8. The molecule has 0 radical (unpaired) electrons. The van der Waals surface area contributed by atoms with Gasteiger partial charge in [0.05, 0.1) is 12.8 Å². The van der Waals surface area contributed by atoms with Crippen molar-refractivity contribution in [3.8, 4) is 11.5 Å². The number of aromatic nitrogens is 1. The Hall–Kier alpha value is -3.34. The largest absolute Gasteiger partial charge is 0.493 e. The van der Waals surface area contributed by atoms with Crippen LogP contribution in [0.25, 0.3) is 0 Å². The molecule has 2 aromatic carbocycles. The topological polar surface area (TPSA) is 51.7 Å². The molecule has 0 atom stereocenters. The fraction of sp³-hybridized carbons (Fsp3) is 0.357. The molecule has 5 nitrogen and oxygen atoms in total. The van der Waals surface area contributed by atoms with Gasteiger partial charge in [-0.15, -0.1) is 0 Å². The molecular weight excluding hydrogens is 412 g/mol. The lowest BCUT2D eigenvalue weighted by Gasteiger charge is -2.32. The lowest BCUT2D eigenvalue weighted by molar-refractivity contribution is 0.0686. The van der Waals surface area contributed by atoms with Gasteiger partial charge >= 0.3 is 0 Å². The first-order valence-corrected chi connectivity index (χ1v) is 11.7. The second-order valence-electron chi connectivity index (χ2n) is 8.74. The molecule has 3 aromatic rings. The predicted molar refractivity (Wildman–Crippen MR) is 130 cm³/mol. The normalized spacial score (nSPS) is 14.2. The summed E-state index contributed by atoms with van der Waals surface area (Å²) in [6, 6.07) is 19.9. The second kappa shape index (κ2) is 11.0. The zero-order chi connectivity index (χ0) is 23.0. The number of carbonyl (C=O) groups is 1. The number of piperidine rings is 1. The monoisotopic (exact) mass is 444 g/mol.